The van der Waals surface area contributed by atoms with Gasteiger partial charge in [-0.1, -0.05) is 6.07 Å². The van der Waals surface area contributed by atoms with E-state index in [4.69, 9.17) is 5.73 Å². The lowest BCUT2D eigenvalue weighted by Crippen LogP contribution is -2.02. The molecule has 0 bridgehead atoms. The van der Waals surface area contributed by atoms with Crippen molar-refractivity contribution in [1.82, 2.24) is 0 Å². The van der Waals surface area contributed by atoms with Gasteiger partial charge in [-0.3, -0.25) is 0 Å². The first kappa shape index (κ1) is 12.3. The molecule has 0 aliphatic carbocycles. The SMILES string of the molecule is Cl.Nc1cccc(S(=O)C(F)F)c1. The average Bonchev–Trinajstić information content (AvgIpc) is 2.03. The van der Waals surface area contributed by atoms with Crippen LogP contribution < -0.4 is 5.73 Å². The lowest BCUT2D eigenvalue weighted by molar-refractivity contribution is 0.244. The molecule has 0 heterocycles. The molecule has 0 radical (unpaired) electrons. The molecule has 0 aliphatic rings. The molecule has 1 unspecified atom stereocenters. The maximum Gasteiger partial charge on any atom is 0.316 e. The molecule has 0 spiro atoms. The van der Waals surface area contributed by atoms with Gasteiger partial charge in [-0.05, 0) is 18.2 Å². The number of hydrogen-bond acceptors (Lipinski definition) is 2. The Labute approximate surface area is 83.0 Å². The van der Waals surface area contributed by atoms with Gasteiger partial charge in [0.15, 0.2) is 0 Å². The Hall–Kier alpha value is -0.680. The summed E-state index contributed by atoms with van der Waals surface area (Å²) in [5, 5.41) is 0. The molecule has 2 nitrogen and oxygen atoms in total. The van der Waals surface area contributed by atoms with E-state index >= 15 is 0 Å². The Balaban J connectivity index is 0.00000144. The summed E-state index contributed by atoms with van der Waals surface area (Å²) in [5.74, 6) is -2.85. The Bertz CT molecular complexity index is 308. The van der Waals surface area contributed by atoms with E-state index in [1.165, 1.54) is 18.2 Å². The van der Waals surface area contributed by atoms with Gasteiger partial charge in [-0.15, -0.1) is 12.4 Å². The number of rotatable bonds is 2. The monoisotopic (exact) mass is 227 g/mol. The van der Waals surface area contributed by atoms with E-state index in [0.717, 1.165) is 0 Å². The molecule has 0 saturated carbocycles. The minimum absolute atomic E-state index is 0. The number of anilines is 1. The Morgan fingerprint density at radius 1 is 1.38 bits per heavy atom. The second-order valence-corrected chi connectivity index (χ2v) is 3.55. The van der Waals surface area contributed by atoms with Gasteiger partial charge in [-0.25, -0.2) is 4.21 Å². The fourth-order valence-electron chi connectivity index (χ4n) is 0.743. The fraction of sp³-hybridized carbons (Fsp3) is 0.143. The highest BCUT2D eigenvalue weighted by atomic mass is 35.5. The van der Waals surface area contributed by atoms with Gasteiger partial charge in [0.05, 0.1) is 0 Å². The summed E-state index contributed by atoms with van der Waals surface area (Å²) in [6.45, 7) is 0. The normalized spacial score (nSPS) is 12.2. The highest BCUT2D eigenvalue weighted by Crippen LogP contribution is 2.15. The van der Waals surface area contributed by atoms with Crippen LogP contribution in [0.1, 0.15) is 0 Å². The van der Waals surface area contributed by atoms with Gasteiger partial charge in [0.1, 0.15) is 10.8 Å². The third kappa shape index (κ3) is 3.28. The van der Waals surface area contributed by atoms with Crippen molar-refractivity contribution in [2.45, 2.75) is 10.7 Å². The molecule has 74 valence electrons. The molecule has 0 aromatic heterocycles. The van der Waals surface area contributed by atoms with Crippen molar-refractivity contribution >= 4 is 28.9 Å². The zero-order valence-corrected chi connectivity index (χ0v) is 8.08. The van der Waals surface area contributed by atoms with Crippen LogP contribution in [0.3, 0.4) is 0 Å². The van der Waals surface area contributed by atoms with Crippen LogP contribution in [0.4, 0.5) is 14.5 Å². The van der Waals surface area contributed by atoms with Crippen LogP contribution >= 0.6 is 12.4 Å². The predicted molar refractivity (Wildman–Crippen MR) is 50.5 cm³/mol. The van der Waals surface area contributed by atoms with Gasteiger partial charge < -0.3 is 5.73 Å². The Morgan fingerprint density at radius 3 is 2.46 bits per heavy atom. The number of nitrogen functional groups attached to an aromatic ring is 1. The minimum Gasteiger partial charge on any atom is -0.399 e. The largest absolute Gasteiger partial charge is 0.399 e. The summed E-state index contributed by atoms with van der Waals surface area (Å²) in [6.07, 6.45) is 0. The van der Waals surface area contributed by atoms with E-state index in [-0.39, 0.29) is 17.3 Å². The zero-order chi connectivity index (χ0) is 9.14. The zero-order valence-electron chi connectivity index (χ0n) is 6.44. The Morgan fingerprint density at radius 2 is 2.00 bits per heavy atom. The van der Waals surface area contributed by atoms with Crippen molar-refractivity contribution in [2.75, 3.05) is 5.73 Å². The standard InChI is InChI=1S/C7H7F2NOS.ClH/c8-7(9)12(11)6-3-1-2-5(10)4-6;/h1-4,7H,10H2;1H. The second-order valence-electron chi connectivity index (χ2n) is 2.13. The quantitative estimate of drug-likeness (QED) is 0.786. The third-order valence-corrected chi connectivity index (χ3v) is 2.29. The van der Waals surface area contributed by atoms with E-state index in [1.807, 2.05) is 0 Å². The topological polar surface area (TPSA) is 43.1 Å². The number of halogens is 3. The summed E-state index contributed by atoms with van der Waals surface area (Å²) < 4.78 is 34.6. The molecule has 0 aliphatic heterocycles. The van der Waals surface area contributed by atoms with Crippen molar-refractivity contribution in [3.63, 3.8) is 0 Å². The molecule has 0 saturated heterocycles. The molecule has 2 N–H and O–H groups in total. The van der Waals surface area contributed by atoms with Crippen LogP contribution in [-0.4, -0.2) is 9.97 Å². The smallest absolute Gasteiger partial charge is 0.316 e. The summed E-state index contributed by atoms with van der Waals surface area (Å²) in [6, 6.07) is 5.68. The fourth-order valence-corrected chi connectivity index (χ4v) is 1.41. The molecule has 1 rings (SSSR count). The maximum absolute atomic E-state index is 11.9. The summed E-state index contributed by atoms with van der Waals surface area (Å²) in [5.41, 5.74) is 5.65. The maximum atomic E-state index is 11.9. The average molecular weight is 228 g/mol. The van der Waals surface area contributed by atoms with E-state index in [9.17, 15) is 13.0 Å². The van der Waals surface area contributed by atoms with Gasteiger partial charge in [0, 0.05) is 10.6 Å². The molecular weight excluding hydrogens is 220 g/mol. The number of hydrogen-bond donors (Lipinski definition) is 1. The highest BCUT2D eigenvalue weighted by Gasteiger charge is 2.14. The lowest BCUT2D eigenvalue weighted by Gasteiger charge is -2.00. The molecule has 1 atom stereocenters. The number of benzene rings is 1. The first-order chi connectivity index (χ1) is 5.61. The molecule has 1 aromatic rings. The summed E-state index contributed by atoms with van der Waals surface area (Å²) in [7, 11) is -2.26. The minimum atomic E-state index is -2.85. The van der Waals surface area contributed by atoms with E-state index in [2.05, 4.69) is 0 Å². The molecule has 1 aromatic carbocycles. The second kappa shape index (κ2) is 5.14. The van der Waals surface area contributed by atoms with Crippen LogP contribution in [-0.2, 0) is 10.8 Å². The van der Waals surface area contributed by atoms with Crippen LogP contribution in [0.5, 0.6) is 0 Å². The van der Waals surface area contributed by atoms with Gasteiger partial charge in [-0.2, -0.15) is 8.78 Å². The van der Waals surface area contributed by atoms with Crippen molar-refractivity contribution in [2.24, 2.45) is 0 Å². The molecular formula is C7H8ClF2NOS. The van der Waals surface area contributed by atoms with Crippen molar-refractivity contribution in [3.8, 4) is 0 Å². The van der Waals surface area contributed by atoms with Crippen molar-refractivity contribution in [1.29, 1.82) is 0 Å². The van der Waals surface area contributed by atoms with Gasteiger partial charge in [0.25, 0.3) is 0 Å². The summed E-state index contributed by atoms with van der Waals surface area (Å²) in [4.78, 5) is 0.0602. The van der Waals surface area contributed by atoms with Crippen molar-refractivity contribution in [3.05, 3.63) is 24.3 Å². The first-order valence-electron chi connectivity index (χ1n) is 3.15. The van der Waals surface area contributed by atoms with E-state index in [1.54, 1.807) is 6.07 Å². The first-order valence-corrected chi connectivity index (χ1v) is 4.37. The Kier molecular flexibility index (Phi) is 4.87. The van der Waals surface area contributed by atoms with Gasteiger partial charge in [0.2, 0.25) is 0 Å². The number of alkyl halides is 2. The molecule has 0 amide bonds. The number of nitrogens with two attached hydrogens (primary N) is 1. The van der Waals surface area contributed by atoms with Crippen LogP contribution in [0.25, 0.3) is 0 Å². The third-order valence-electron chi connectivity index (χ3n) is 1.25. The van der Waals surface area contributed by atoms with E-state index < -0.39 is 16.6 Å². The summed E-state index contributed by atoms with van der Waals surface area (Å²) >= 11 is 0. The lowest BCUT2D eigenvalue weighted by atomic mass is 10.3. The van der Waals surface area contributed by atoms with E-state index in [0.29, 0.717) is 5.69 Å². The molecule has 0 fully saturated rings. The highest BCUT2D eigenvalue weighted by molar-refractivity contribution is 7.85. The molecule has 6 heteroatoms. The predicted octanol–water partition coefficient (Wildman–Crippen LogP) is 2.02. The van der Waals surface area contributed by atoms with Crippen LogP contribution in [0, 0.1) is 0 Å². The van der Waals surface area contributed by atoms with Crippen LogP contribution in [0.15, 0.2) is 29.2 Å². The van der Waals surface area contributed by atoms with Crippen LogP contribution in [0.2, 0.25) is 0 Å². The molecule has 13 heavy (non-hydrogen) atoms. The van der Waals surface area contributed by atoms with Crippen molar-refractivity contribution < 1.29 is 13.0 Å². The van der Waals surface area contributed by atoms with Gasteiger partial charge >= 0.3 is 5.76 Å².